The molecule has 0 aliphatic heterocycles. The van der Waals surface area contributed by atoms with Crippen molar-refractivity contribution in [3.8, 4) is 0 Å². The number of aromatic nitrogens is 5. The number of carbonyl (C=O) groups is 1. The number of nitrogen functional groups attached to an aromatic ring is 1. The number of thioether (sulfide) groups is 2. The van der Waals surface area contributed by atoms with Crippen LogP contribution in [0.3, 0.4) is 0 Å². The van der Waals surface area contributed by atoms with E-state index in [1.165, 1.54) is 21.6 Å². The number of nitrogens with zero attached hydrogens (tertiary/aromatic N) is 6. The lowest BCUT2D eigenvalue weighted by atomic mass is 10.2. The molecule has 0 radical (unpaired) electrons. The molecule has 3 aromatic heterocycles. The van der Waals surface area contributed by atoms with Gasteiger partial charge in [-0.3, -0.25) is 10.1 Å². The predicted molar refractivity (Wildman–Crippen MR) is 136 cm³/mol. The maximum absolute atomic E-state index is 12.3. The molecule has 0 spiro atoms. The van der Waals surface area contributed by atoms with Crippen LogP contribution in [-0.4, -0.2) is 42.4 Å². The minimum Gasteiger partial charge on any atom is -0.334 e. The highest BCUT2D eigenvalue weighted by molar-refractivity contribution is 8.00. The zero-order valence-electron chi connectivity index (χ0n) is 17.3. The summed E-state index contributed by atoms with van der Waals surface area (Å²) in [6, 6.07) is 14.0. The van der Waals surface area contributed by atoms with Crippen molar-refractivity contribution < 1.29 is 4.79 Å². The second kappa shape index (κ2) is 11.3. The zero-order chi connectivity index (χ0) is 23.0. The van der Waals surface area contributed by atoms with Crippen molar-refractivity contribution in [1.82, 2.24) is 25.1 Å². The van der Waals surface area contributed by atoms with Crippen molar-refractivity contribution in [3.05, 3.63) is 58.3 Å². The summed E-state index contributed by atoms with van der Waals surface area (Å²) in [6.07, 6.45) is 0. The van der Waals surface area contributed by atoms with Crippen LogP contribution in [0.15, 0.2) is 62.4 Å². The molecule has 0 fully saturated rings. The fraction of sp³-hybridized carbons (Fsp3) is 0.158. The molecule has 0 atom stereocenters. The molecule has 3 heterocycles. The van der Waals surface area contributed by atoms with Crippen LogP contribution in [0.1, 0.15) is 17.4 Å². The van der Waals surface area contributed by atoms with E-state index < -0.39 is 0 Å². The van der Waals surface area contributed by atoms with Crippen LogP contribution in [-0.2, 0) is 10.5 Å². The van der Waals surface area contributed by atoms with Gasteiger partial charge in [-0.25, -0.2) is 10.1 Å². The van der Waals surface area contributed by atoms with E-state index in [0.717, 1.165) is 32.4 Å². The highest BCUT2D eigenvalue weighted by Gasteiger charge is 2.14. The molecule has 4 rings (SSSR count). The normalized spacial score (nSPS) is 11.5. The van der Waals surface area contributed by atoms with E-state index >= 15 is 0 Å². The van der Waals surface area contributed by atoms with Gasteiger partial charge in [-0.05, 0) is 23.9 Å². The Morgan fingerprint density at radius 2 is 1.97 bits per heavy atom. The summed E-state index contributed by atoms with van der Waals surface area (Å²) in [5.41, 5.74) is 4.81. The van der Waals surface area contributed by atoms with Gasteiger partial charge >= 0.3 is 0 Å². The van der Waals surface area contributed by atoms with Gasteiger partial charge in [0.25, 0.3) is 5.95 Å². The number of rotatable bonds is 10. The first-order valence-electron chi connectivity index (χ1n) is 9.56. The maximum Gasteiger partial charge on any atom is 0.264 e. The number of anilines is 2. The van der Waals surface area contributed by atoms with E-state index in [9.17, 15) is 4.79 Å². The fourth-order valence-electron chi connectivity index (χ4n) is 2.45. The zero-order valence-corrected chi connectivity index (χ0v) is 20.6. The van der Waals surface area contributed by atoms with Gasteiger partial charge in [-0.2, -0.15) is 5.10 Å². The summed E-state index contributed by atoms with van der Waals surface area (Å²) in [4.78, 5) is 13.3. The largest absolute Gasteiger partial charge is 0.334 e. The van der Waals surface area contributed by atoms with Crippen molar-refractivity contribution in [1.29, 1.82) is 0 Å². The third kappa shape index (κ3) is 6.54. The van der Waals surface area contributed by atoms with Crippen molar-refractivity contribution in [2.24, 2.45) is 5.10 Å². The molecular formula is C19H19N9OS4. The number of hydrazone groups is 1. The summed E-state index contributed by atoms with van der Waals surface area (Å²) in [5, 5.41) is 26.0. The number of amides is 1. The number of benzene rings is 1. The second-order valence-corrected chi connectivity index (χ2v) is 10.5. The summed E-state index contributed by atoms with van der Waals surface area (Å²) in [7, 11) is 0. The number of carbonyl (C=O) groups excluding carboxylic acids is 1. The molecule has 10 nitrogen and oxygen atoms in total. The predicted octanol–water partition coefficient (Wildman–Crippen LogP) is 3.76. The Morgan fingerprint density at radius 3 is 2.76 bits per heavy atom. The lowest BCUT2D eigenvalue weighted by Gasteiger charge is -2.03. The molecule has 0 unspecified atom stereocenters. The molecule has 1 amide bonds. The Morgan fingerprint density at radius 1 is 1.12 bits per heavy atom. The quantitative estimate of drug-likeness (QED) is 0.0944. The topological polar surface area (TPSA) is 136 Å². The van der Waals surface area contributed by atoms with Gasteiger partial charge in [-0.15, -0.1) is 31.7 Å². The third-order valence-corrected chi connectivity index (χ3v) is 8.02. The number of hydrogen-bond donors (Lipinski definition) is 3. The van der Waals surface area contributed by atoms with Gasteiger partial charge < -0.3 is 5.84 Å². The minimum atomic E-state index is -0.236. The molecule has 0 saturated heterocycles. The van der Waals surface area contributed by atoms with Crippen LogP contribution >= 0.6 is 46.2 Å². The maximum atomic E-state index is 12.3. The average Bonchev–Trinajstić information content (AvgIpc) is 3.58. The van der Waals surface area contributed by atoms with E-state index in [1.54, 1.807) is 23.1 Å². The smallest absolute Gasteiger partial charge is 0.264 e. The average molecular weight is 518 g/mol. The van der Waals surface area contributed by atoms with Gasteiger partial charge in [0.05, 0.1) is 11.5 Å². The van der Waals surface area contributed by atoms with Gasteiger partial charge in [-0.1, -0.05) is 71.3 Å². The first-order chi connectivity index (χ1) is 16.1. The first-order valence-corrected chi connectivity index (χ1v) is 13.2. The Balaban J connectivity index is 1.25. The summed E-state index contributed by atoms with van der Waals surface area (Å²) >= 11 is 5.66. The van der Waals surface area contributed by atoms with Crippen molar-refractivity contribution in [2.75, 3.05) is 22.3 Å². The molecule has 4 N–H and O–H groups in total. The lowest BCUT2D eigenvalue weighted by Crippen LogP contribution is -2.17. The van der Waals surface area contributed by atoms with Crippen LogP contribution in [0.2, 0.25) is 0 Å². The molecule has 33 heavy (non-hydrogen) atoms. The lowest BCUT2D eigenvalue weighted by molar-refractivity contribution is -0.113. The van der Waals surface area contributed by atoms with Crippen molar-refractivity contribution in [2.45, 2.75) is 22.2 Å². The number of thiophene rings is 1. The summed E-state index contributed by atoms with van der Waals surface area (Å²) in [6.45, 7) is 1.88. The molecule has 4 aromatic rings. The van der Waals surface area contributed by atoms with Crippen LogP contribution in [0, 0.1) is 0 Å². The molecule has 0 aliphatic rings. The monoisotopic (exact) mass is 517 g/mol. The van der Waals surface area contributed by atoms with Gasteiger partial charge in [0.1, 0.15) is 0 Å². The van der Waals surface area contributed by atoms with E-state index in [0.29, 0.717) is 10.3 Å². The molecule has 170 valence electrons. The fourth-order valence-corrected chi connectivity index (χ4v) is 5.51. The molecule has 0 bridgehead atoms. The van der Waals surface area contributed by atoms with E-state index in [1.807, 2.05) is 42.6 Å². The SMILES string of the molecule is C/C(=N\Nc1nnc(SCC(=O)Nc2nnc(SCc3ccccc3)s2)n1N)c1cccs1. The van der Waals surface area contributed by atoms with Gasteiger partial charge in [0.15, 0.2) is 4.34 Å². The Kier molecular flexibility index (Phi) is 7.93. The first kappa shape index (κ1) is 23.2. The molecule has 0 saturated carbocycles. The number of hydrogen-bond acceptors (Lipinski definition) is 12. The molecule has 0 aliphatic carbocycles. The van der Waals surface area contributed by atoms with Crippen molar-refractivity contribution >= 4 is 68.9 Å². The Labute approximate surface area is 206 Å². The molecule has 1 aromatic carbocycles. The number of nitrogens with one attached hydrogen (secondary N) is 2. The van der Waals surface area contributed by atoms with Crippen LogP contribution in [0.4, 0.5) is 11.1 Å². The van der Waals surface area contributed by atoms with Crippen molar-refractivity contribution in [3.63, 3.8) is 0 Å². The Bertz CT molecular complexity index is 1220. The van der Waals surface area contributed by atoms with Crippen LogP contribution in [0.5, 0.6) is 0 Å². The highest BCUT2D eigenvalue weighted by atomic mass is 32.2. The molecular weight excluding hydrogens is 499 g/mol. The summed E-state index contributed by atoms with van der Waals surface area (Å²) in [5.74, 6) is 6.94. The van der Waals surface area contributed by atoms with Gasteiger partial charge in [0, 0.05) is 10.6 Å². The second-order valence-electron chi connectivity index (χ2n) is 6.45. The summed E-state index contributed by atoms with van der Waals surface area (Å²) < 4.78 is 2.05. The highest BCUT2D eigenvalue weighted by Crippen LogP contribution is 2.28. The van der Waals surface area contributed by atoms with Gasteiger partial charge in [0.2, 0.25) is 16.2 Å². The third-order valence-electron chi connectivity index (χ3n) is 4.06. The van der Waals surface area contributed by atoms with E-state index in [4.69, 9.17) is 5.84 Å². The van der Waals surface area contributed by atoms with Crippen LogP contribution < -0.4 is 16.6 Å². The Hall–Kier alpha value is -2.94. The standard InChI is InChI=1S/C19H19N9OS4/c1-12(14-8-5-9-30-14)22-23-16-24-26-18(28(16)20)31-11-15(29)21-17-25-27-19(33-17)32-10-13-6-3-2-4-7-13/h2-9H,10-11,20H2,1H3,(H,23,24)(H,21,25,29)/b22-12+. The van der Waals surface area contributed by atoms with E-state index in [-0.39, 0.29) is 17.6 Å². The number of nitrogens with two attached hydrogens (primary N) is 1. The minimum absolute atomic E-state index is 0.0961. The van der Waals surface area contributed by atoms with Crippen LogP contribution in [0.25, 0.3) is 0 Å². The van der Waals surface area contributed by atoms with E-state index in [2.05, 4.69) is 48.4 Å². The molecule has 14 heteroatoms.